The molecule has 1 unspecified atom stereocenters. The monoisotopic (exact) mass is 314 g/mol. The quantitative estimate of drug-likeness (QED) is 0.670. The van der Waals surface area contributed by atoms with Gasteiger partial charge in [0.05, 0.1) is 12.7 Å². The van der Waals surface area contributed by atoms with E-state index in [4.69, 9.17) is 10.5 Å². The lowest BCUT2D eigenvalue weighted by molar-refractivity contribution is 0.414. The second kappa shape index (κ2) is 6.52. The molecule has 0 fully saturated rings. The zero-order valence-electron chi connectivity index (χ0n) is 13.8. The Kier molecular flexibility index (Phi) is 4.27. The lowest BCUT2D eigenvalue weighted by Gasteiger charge is -2.11. The number of ether oxygens (including phenoxy) is 1. The highest BCUT2D eigenvalue weighted by Gasteiger charge is 2.29. The predicted octanol–water partition coefficient (Wildman–Crippen LogP) is 4.11. The van der Waals surface area contributed by atoms with Gasteiger partial charge < -0.3 is 10.5 Å². The van der Waals surface area contributed by atoms with Crippen LogP contribution in [0.4, 0.5) is 5.69 Å². The number of anilines is 1. The first-order chi connectivity index (χ1) is 11.7. The van der Waals surface area contributed by atoms with Gasteiger partial charge in [-0.2, -0.15) is 5.26 Å². The molecule has 0 heterocycles. The number of nitrogens with two attached hydrogens (primary N) is 1. The van der Waals surface area contributed by atoms with Gasteiger partial charge in [-0.15, -0.1) is 0 Å². The molecule has 0 aromatic heterocycles. The maximum atomic E-state index is 9.66. The summed E-state index contributed by atoms with van der Waals surface area (Å²) < 4.78 is 5.30. The molecule has 2 aromatic carbocycles. The van der Waals surface area contributed by atoms with Gasteiger partial charge in [-0.1, -0.05) is 24.8 Å². The average Bonchev–Trinajstić information content (AvgIpc) is 2.92. The molecule has 0 amide bonds. The summed E-state index contributed by atoms with van der Waals surface area (Å²) >= 11 is 0. The Balaban J connectivity index is 2.08. The first-order valence-corrected chi connectivity index (χ1v) is 7.88. The standard InChI is InChI=1S/C21H18N2O/c1-3-17-18-11-9-16(24-2)12-20(18)21(13-22)19(17)10-6-14-4-7-15(23)8-5-14/h4-5,7-9,11-12,17H,3,23H2,1-2H3. The molecule has 24 heavy (non-hydrogen) atoms. The minimum absolute atomic E-state index is 0.154. The van der Waals surface area contributed by atoms with E-state index in [0.717, 1.165) is 34.4 Å². The average molecular weight is 314 g/mol. The summed E-state index contributed by atoms with van der Waals surface area (Å²) in [6.07, 6.45) is 0.899. The van der Waals surface area contributed by atoms with E-state index in [1.807, 2.05) is 42.5 Å². The summed E-state index contributed by atoms with van der Waals surface area (Å²) in [4.78, 5) is 0. The molecule has 118 valence electrons. The van der Waals surface area contributed by atoms with Crippen LogP contribution in [0.1, 0.15) is 36.0 Å². The molecule has 2 N–H and O–H groups in total. The number of nitrogen functional groups attached to an aromatic ring is 1. The first kappa shape index (κ1) is 15.7. The highest BCUT2D eigenvalue weighted by Crippen LogP contribution is 2.44. The number of allylic oxidation sites excluding steroid dienone is 2. The van der Waals surface area contributed by atoms with Crippen molar-refractivity contribution in [2.75, 3.05) is 12.8 Å². The van der Waals surface area contributed by atoms with Crippen molar-refractivity contribution < 1.29 is 4.74 Å². The number of benzene rings is 2. The van der Waals surface area contributed by atoms with Crippen LogP contribution in [-0.2, 0) is 0 Å². The van der Waals surface area contributed by atoms with Gasteiger partial charge >= 0.3 is 0 Å². The lowest BCUT2D eigenvalue weighted by Crippen LogP contribution is -1.96. The van der Waals surface area contributed by atoms with E-state index >= 15 is 0 Å². The number of nitriles is 1. The minimum atomic E-state index is 0.154. The SMILES string of the molecule is CCC1C(C#Cc2ccc(N)cc2)=C(C#N)c2cc(OC)ccc21. The number of methoxy groups -OCH3 is 1. The molecule has 0 aliphatic heterocycles. The molecule has 1 atom stereocenters. The topological polar surface area (TPSA) is 59.0 Å². The lowest BCUT2D eigenvalue weighted by atomic mass is 9.93. The smallest absolute Gasteiger partial charge is 0.119 e. The van der Waals surface area contributed by atoms with E-state index < -0.39 is 0 Å². The zero-order chi connectivity index (χ0) is 17.1. The summed E-state index contributed by atoms with van der Waals surface area (Å²) in [5.41, 5.74) is 10.9. The second-order valence-corrected chi connectivity index (χ2v) is 5.69. The van der Waals surface area contributed by atoms with Gasteiger partial charge in [0.2, 0.25) is 0 Å². The third kappa shape index (κ3) is 2.73. The van der Waals surface area contributed by atoms with Crippen LogP contribution in [0.25, 0.3) is 5.57 Å². The molecular formula is C21H18N2O. The van der Waals surface area contributed by atoms with Crippen LogP contribution in [0.2, 0.25) is 0 Å². The largest absolute Gasteiger partial charge is 0.497 e. The molecule has 3 rings (SSSR count). The van der Waals surface area contributed by atoms with Crippen molar-refractivity contribution in [3.05, 3.63) is 64.7 Å². The number of nitrogens with zero attached hydrogens (tertiary/aromatic N) is 1. The predicted molar refractivity (Wildman–Crippen MR) is 96.3 cm³/mol. The summed E-state index contributed by atoms with van der Waals surface area (Å²) in [6, 6.07) is 15.7. The maximum Gasteiger partial charge on any atom is 0.119 e. The summed E-state index contributed by atoms with van der Waals surface area (Å²) in [7, 11) is 1.63. The molecule has 0 radical (unpaired) electrons. The van der Waals surface area contributed by atoms with Gasteiger partial charge in [0.15, 0.2) is 0 Å². The van der Waals surface area contributed by atoms with Crippen molar-refractivity contribution >= 4 is 11.3 Å². The molecule has 3 nitrogen and oxygen atoms in total. The Hall–Kier alpha value is -3.17. The second-order valence-electron chi connectivity index (χ2n) is 5.69. The van der Waals surface area contributed by atoms with Crippen LogP contribution in [0.5, 0.6) is 5.75 Å². The highest BCUT2D eigenvalue weighted by atomic mass is 16.5. The number of rotatable bonds is 2. The number of fused-ring (bicyclic) bond motifs is 1. The van der Waals surface area contributed by atoms with Crippen molar-refractivity contribution in [3.8, 4) is 23.7 Å². The van der Waals surface area contributed by atoms with Crippen LogP contribution in [0.3, 0.4) is 0 Å². The molecule has 0 saturated heterocycles. The zero-order valence-corrected chi connectivity index (χ0v) is 13.8. The summed E-state index contributed by atoms with van der Waals surface area (Å²) in [6.45, 7) is 2.11. The summed E-state index contributed by atoms with van der Waals surface area (Å²) in [5.74, 6) is 7.30. The van der Waals surface area contributed by atoms with Gasteiger partial charge in [0, 0.05) is 28.3 Å². The van der Waals surface area contributed by atoms with E-state index in [1.165, 1.54) is 0 Å². The van der Waals surface area contributed by atoms with E-state index in [0.29, 0.717) is 11.3 Å². The van der Waals surface area contributed by atoms with Gasteiger partial charge in [0.1, 0.15) is 11.8 Å². The van der Waals surface area contributed by atoms with Crippen LogP contribution in [0.15, 0.2) is 48.0 Å². The van der Waals surface area contributed by atoms with Gasteiger partial charge in [-0.05, 0) is 48.4 Å². The Labute approximate surface area is 142 Å². The fourth-order valence-corrected chi connectivity index (χ4v) is 3.06. The third-order valence-corrected chi connectivity index (χ3v) is 4.30. The Morgan fingerprint density at radius 2 is 1.88 bits per heavy atom. The number of hydrogen-bond acceptors (Lipinski definition) is 3. The van der Waals surface area contributed by atoms with Crippen molar-refractivity contribution in [1.82, 2.24) is 0 Å². The van der Waals surface area contributed by atoms with E-state index in [-0.39, 0.29) is 5.92 Å². The molecular weight excluding hydrogens is 296 g/mol. The van der Waals surface area contributed by atoms with Crippen molar-refractivity contribution in [2.45, 2.75) is 19.3 Å². The molecule has 0 saturated carbocycles. The molecule has 1 aliphatic rings. The van der Waals surface area contributed by atoms with Crippen LogP contribution in [0, 0.1) is 23.2 Å². The Morgan fingerprint density at radius 1 is 1.12 bits per heavy atom. The van der Waals surface area contributed by atoms with Crippen molar-refractivity contribution in [3.63, 3.8) is 0 Å². The van der Waals surface area contributed by atoms with Gasteiger partial charge in [0.25, 0.3) is 0 Å². The number of hydrogen-bond donors (Lipinski definition) is 1. The minimum Gasteiger partial charge on any atom is -0.497 e. The Morgan fingerprint density at radius 3 is 2.50 bits per heavy atom. The Bertz CT molecular complexity index is 906. The fourth-order valence-electron chi connectivity index (χ4n) is 3.06. The van der Waals surface area contributed by atoms with Gasteiger partial charge in [-0.25, -0.2) is 0 Å². The fraction of sp³-hybridized carbons (Fsp3) is 0.190. The van der Waals surface area contributed by atoms with Crippen LogP contribution < -0.4 is 10.5 Å². The van der Waals surface area contributed by atoms with Gasteiger partial charge in [-0.3, -0.25) is 0 Å². The van der Waals surface area contributed by atoms with Crippen LogP contribution >= 0.6 is 0 Å². The third-order valence-electron chi connectivity index (χ3n) is 4.30. The normalized spacial score (nSPS) is 15.3. The molecule has 0 spiro atoms. The summed E-state index contributed by atoms with van der Waals surface area (Å²) in [5, 5.41) is 9.66. The molecule has 2 aromatic rings. The van der Waals surface area contributed by atoms with Crippen molar-refractivity contribution in [2.24, 2.45) is 0 Å². The first-order valence-electron chi connectivity index (χ1n) is 7.88. The van der Waals surface area contributed by atoms with Crippen LogP contribution in [-0.4, -0.2) is 7.11 Å². The molecule has 0 bridgehead atoms. The van der Waals surface area contributed by atoms with E-state index in [9.17, 15) is 5.26 Å². The van der Waals surface area contributed by atoms with E-state index in [1.54, 1.807) is 7.11 Å². The van der Waals surface area contributed by atoms with E-state index in [2.05, 4.69) is 24.8 Å². The molecule has 1 aliphatic carbocycles. The molecule has 3 heteroatoms. The highest BCUT2D eigenvalue weighted by molar-refractivity contribution is 5.90. The maximum absolute atomic E-state index is 9.66. The van der Waals surface area contributed by atoms with Crippen molar-refractivity contribution in [1.29, 1.82) is 5.26 Å².